The van der Waals surface area contributed by atoms with Crippen molar-refractivity contribution in [3.63, 3.8) is 0 Å². The highest BCUT2D eigenvalue weighted by Crippen LogP contribution is 2.48. The van der Waals surface area contributed by atoms with Gasteiger partial charge >= 0.3 is 7.60 Å². The van der Waals surface area contributed by atoms with Crippen LogP contribution in [0, 0.1) is 0 Å². The second-order valence-corrected chi connectivity index (χ2v) is 9.61. The van der Waals surface area contributed by atoms with Gasteiger partial charge in [0.25, 0.3) is 0 Å². The summed E-state index contributed by atoms with van der Waals surface area (Å²) < 4.78 is 25.4. The van der Waals surface area contributed by atoms with Crippen LogP contribution in [0.25, 0.3) is 0 Å². The van der Waals surface area contributed by atoms with E-state index in [4.69, 9.17) is 9.05 Å². The van der Waals surface area contributed by atoms with Gasteiger partial charge in [0.2, 0.25) is 0 Å². The first-order chi connectivity index (χ1) is 14.0. The quantitative estimate of drug-likeness (QED) is 0.115. The van der Waals surface area contributed by atoms with Crippen LogP contribution in [-0.4, -0.2) is 19.0 Å². The van der Waals surface area contributed by atoms with Gasteiger partial charge in [0.05, 0.1) is 18.5 Å². The van der Waals surface area contributed by atoms with E-state index in [1.54, 1.807) is 31.2 Å². The van der Waals surface area contributed by atoms with Crippen LogP contribution in [0.2, 0.25) is 0 Å². The van der Waals surface area contributed by atoms with Gasteiger partial charge in [-0.05, 0) is 31.4 Å². The Bertz CT molecular complexity index is 649. The van der Waals surface area contributed by atoms with Crippen LogP contribution in [0.4, 0.5) is 0 Å². The molecule has 0 aliphatic rings. The first-order valence-corrected chi connectivity index (χ1v) is 12.7. The molecule has 5 heteroatoms. The standard InChI is InChI=1S/C24H39O4P/c1-5-7-9-11-15-19-27-29(26,28-20-16-12-10-8-6-2)23-18-14-13-17-22(23)24(25)21(3)4/h13-14,17-18H,3,5-12,15-16,19-20H2,1-2,4H3. The van der Waals surface area contributed by atoms with Crippen LogP contribution in [0.1, 0.15) is 95.3 Å². The van der Waals surface area contributed by atoms with Gasteiger partial charge in [-0.1, -0.05) is 90.0 Å². The van der Waals surface area contributed by atoms with Gasteiger partial charge in [-0.3, -0.25) is 9.36 Å². The van der Waals surface area contributed by atoms with Crippen molar-refractivity contribution in [1.82, 2.24) is 0 Å². The monoisotopic (exact) mass is 422 g/mol. The molecular weight excluding hydrogens is 383 g/mol. The van der Waals surface area contributed by atoms with Crippen LogP contribution >= 0.6 is 7.60 Å². The molecule has 0 saturated heterocycles. The summed E-state index contributed by atoms with van der Waals surface area (Å²) in [5, 5.41) is 0.357. The lowest BCUT2D eigenvalue weighted by Gasteiger charge is -2.21. The Morgan fingerprint density at radius 3 is 1.83 bits per heavy atom. The van der Waals surface area contributed by atoms with Crippen molar-refractivity contribution in [3.05, 3.63) is 42.0 Å². The normalized spacial score (nSPS) is 11.6. The lowest BCUT2D eigenvalue weighted by molar-refractivity contribution is 0.103. The molecule has 4 nitrogen and oxygen atoms in total. The Morgan fingerprint density at radius 2 is 1.34 bits per heavy atom. The number of hydrogen-bond acceptors (Lipinski definition) is 4. The molecule has 0 saturated carbocycles. The smallest absolute Gasteiger partial charge is 0.305 e. The molecule has 0 bridgehead atoms. The largest absolute Gasteiger partial charge is 0.362 e. The van der Waals surface area contributed by atoms with Crippen LogP contribution < -0.4 is 5.30 Å². The number of benzene rings is 1. The molecule has 1 rings (SSSR count). The molecule has 0 amide bonds. The fourth-order valence-electron chi connectivity index (χ4n) is 3.09. The number of ketones is 1. The molecule has 29 heavy (non-hydrogen) atoms. The molecule has 164 valence electrons. The van der Waals surface area contributed by atoms with Gasteiger partial charge in [-0.2, -0.15) is 0 Å². The summed E-state index contributed by atoms with van der Waals surface area (Å²) in [7, 11) is -3.58. The van der Waals surface area contributed by atoms with E-state index in [-0.39, 0.29) is 5.78 Å². The first kappa shape index (κ1) is 25.8. The number of Topliss-reactive ketones (excluding diaryl/α,β-unsaturated/α-hetero) is 1. The predicted octanol–water partition coefficient (Wildman–Crippen LogP) is 7.24. The fraction of sp³-hybridized carbons (Fsp3) is 0.625. The summed E-state index contributed by atoms with van der Waals surface area (Å²) >= 11 is 0. The number of unbranched alkanes of at least 4 members (excludes halogenated alkanes) is 8. The maximum Gasteiger partial charge on any atom is 0.362 e. The number of carbonyl (C=O) groups is 1. The Morgan fingerprint density at radius 1 is 0.862 bits per heavy atom. The minimum Gasteiger partial charge on any atom is -0.305 e. The van der Waals surface area contributed by atoms with E-state index in [2.05, 4.69) is 20.4 Å². The summed E-state index contributed by atoms with van der Waals surface area (Å²) in [5.41, 5.74) is 0.767. The highest BCUT2D eigenvalue weighted by atomic mass is 31.2. The van der Waals surface area contributed by atoms with Crippen molar-refractivity contribution in [1.29, 1.82) is 0 Å². The van der Waals surface area contributed by atoms with Crippen molar-refractivity contribution >= 4 is 18.7 Å². The lowest BCUT2D eigenvalue weighted by Crippen LogP contribution is -2.20. The van der Waals surface area contributed by atoms with E-state index >= 15 is 0 Å². The molecule has 0 N–H and O–H groups in total. The topological polar surface area (TPSA) is 52.6 Å². The summed E-state index contributed by atoms with van der Waals surface area (Å²) in [5.74, 6) is -0.223. The molecule has 0 fully saturated rings. The minimum atomic E-state index is -3.58. The molecule has 0 aliphatic carbocycles. The third-order valence-corrected chi connectivity index (χ3v) is 6.87. The van der Waals surface area contributed by atoms with Gasteiger partial charge in [0, 0.05) is 5.56 Å². The van der Waals surface area contributed by atoms with Crippen LogP contribution in [0.15, 0.2) is 36.4 Å². The Labute approximate surface area is 177 Å². The Kier molecular flexibility index (Phi) is 13.1. The van der Waals surface area contributed by atoms with Crippen molar-refractivity contribution < 1.29 is 18.4 Å². The number of rotatable bonds is 17. The van der Waals surface area contributed by atoms with Crippen LogP contribution in [0.3, 0.4) is 0 Å². The summed E-state index contributed by atoms with van der Waals surface area (Å²) in [6, 6.07) is 6.89. The van der Waals surface area contributed by atoms with E-state index in [0.717, 1.165) is 38.5 Å². The molecule has 0 unspecified atom stereocenters. The minimum absolute atomic E-state index is 0.223. The molecule has 0 heterocycles. The third kappa shape index (κ3) is 9.42. The zero-order chi connectivity index (χ0) is 21.5. The number of carbonyl (C=O) groups excluding carboxylic acids is 1. The van der Waals surface area contributed by atoms with Crippen molar-refractivity contribution in [3.8, 4) is 0 Å². The SMILES string of the molecule is C=C(C)C(=O)c1ccccc1P(=O)(OCCCCCCC)OCCCCCCC. The molecule has 0 aromatic heterocycles. The highest BCUT2D eigenvalue weighted by molar-refractivity contribution is 7.62. The number of hydrogen-bond donors (Lipinski definition) is 0. The molecule has 1 aromatic carbocycles. The van der Waals surface area contributed by atoms with E-state index in [0.29, 0.717) is 29.7 Å². The van der Waals surface area contributed by atoms with E-state index < -0.39 is 7.60 Å². The van der Waals surface area contributed by atoms with Crippen molar-refractivity contribution in [2.45, 2.75) is 85.0 Å². The van der Waals surface area contributed by atoms with Gasteiger partial charge in [-0.15, -0.1) is 0 Å². The molecule has 1 aromatic rings. The van der Waals surface area contributed by atoms with Gasteiger partial charge in [0.15, 0.2) is 5.78 Å². The molecule has 0 spiro atoms. The van der Waals surface area contributed by atoms with E-state index in [9.17, 15) is 9.36 Å². The van der Waals surface area contributed by atoms with E-state index in [1.807, 2.05) is 0 Å². The maximum absolute atomic E-state index is 13.7. The first-order valence-electron chi connectivity index (χ1n) is 11.1. The third-order valence-electron chi connectivity index (χ3n) is 4.85. The fourth-order valence-corrected chi connectivity index (χ4v) is 4.92. The van der Waals surface area contributed by atoms with Gasteiger partial charge in [-0.25, -0.2) is 0 Å². The van der Waals surface area contributed by atoms with Crippen LogP contribution in [-0.2, 0) is 13.6 Å². The predicted molar refractivity (Wildman–Crippen MR) is 122 cm³/mol. The maximum atomic E-state index is 13.7. The van der Waals surface area contributed by atoms with Crippen LogP contribution in [0.5, 0.6) is 0 Å². The zero-order valence-electron chi connectivity index (χ0n) is 18.6. The average Bonchev–Trinajstić information content (AvgIpc) is 2.72. The van der Waals surface area contributed by atoms with Gasteiger partial charge in [0.1, 0.15) is 0 Å². The molecule has 0 aliphatic heterocycles. The van der Waals surface area contributed by atoms with Crippen molar-refractivity contribution in [2.75, 3.05) is 13.2 Å². The molecule has 0 atom stereocenters. The lowest BCUT2D eigenvalue weighted by atomic mass is 10.1. The summed E-state index contributed by atoms with van der Waals surface area (Å²) in [6.07, 6.45) is 10.8. The van der Waals surface area contributed by atoms with Gasteiger partial charge < -0.3 is 9.05 Å². The second kappa shape index (κ2) is 14.7. The average molecular weight is 423 g/mol. The summed E-state index contributed by atoms with van der Waals surface area (Å²) in [6.45, 7) is 10.5. The second-order valence-electron chi connectivity index (χ2n) is 7.62. The highest BCUT2D eigenvalue weighted by Gasteiger charge is 2.32. The molecule has 0 radical (unpaired) electrons. The van der Waals surface area contributed by atoms with Crippen molar-refractivity contribution in [2.24, 2.45) is 0 Å². The summed E-state index contributed by atoms with van der Waals surface area (Å²) in [4.78, 5) is 12.6. The molecular formula is C24H39O4P. The number of allylic oxidation sites excluding steroid dienone is 1. The Balaban J connectivity index is 2.88. The van der Waals surface area contributed by atoms with E-state index in [1.165, 1.54) is 25.7 Å². The zero-order valence-corrected chi connectivity index (χ0v) is 19.5. The Hall–Kier alpha value is -1.22.